The van der Waals surface area contributed by atoms with Gasteiger partial charge in [0.05, 0.1) is 18.2 Å². The summed E-state index contributed by atoms with van der Waals surface area (Å²) in [5.74, 6) is 0.501. The second kappa shape index (κ2) is 6.52. The van der Waals surface area contributed by atoms with Crippen LogP contribution in [0.5, 0.6) is 17.8 Å². The molecule has 108 valence electrons. The summed E-state index contributed by atoms with van der Waals surface area (Å²) in [5, 5.41) is 8.92. The smallest absolute Gasteiger partial charge is 0.330 e. The maximum Gasteiger partial charge on any atom is 0.330 e. The summed E-state index contributed by atoms with van der Waals surface area (Å²) < 4.78 is 10.9. The summed E-state index contributed by atoms with van der Waals surface area (Å²) in [6.07, 6.45) is 0.825. The van der Waals surface area contributed by atoms with Crippen molar-refractivity contribution < 1.29 is 9.47 Å². The Hall–Kier alpha value is -2.88. The second-order valence-corrected chi connectivity index (χ2v) is 4.30. The Morgan fingerprint density at radius 1 is 1.24 bits per heavy atom. The SMILES string of the molecule is CCCOc1nc(N)nc(Oc2cc(C#N)ccc2C)n1. The van der Waals surface area contributed by atoms with Crippen molar-refractivity contribution in [2.24, 2.45) is 0 Å². The largest absolute Gasteiger partial charge is 0.463 e. The van der Waals surface area contributed by atoms with Crippen molar-refractivity contribution in [2.45, 2.75) is 20.3 Å². The molecule has 0 saturated heterocycles. The Bertz CT molecular complexity index is 682. The first kappa shape index (κ1) is 14.5. The summed E-state index contributed by atoms with van der Waals surface area (Å²) in [6.45, 7) is 4.31. The van der Waals surface area contributed by atoms with E-state index in [1.807, 2.05) is 19.9 Å². The molecule has 0 fully saturated rings. The minimum absolute atomic E-state index is 0.0141. The summed E-state index contributed by atoms with van der Waals surface area (Å²) in [4.78, 5) is 11.8. The Morgan fingerprint density at radius 2 is 2.00 bits per heavy atom. The van der Waals surface area contributed by atoms with Gasteiger partial charge in [0, 0.05) is 0 Å². The van der Waals surface area contributed by atoms with Crippen LogP contribution in [0.2, 0.25) is 0 Å². The minimum Gasteiger partial charge on any atom is -0.463 e. The van der Waals surface area contributed by atoms with E-state index in [2.05, 4.69) is 15.0 Å². The Balaban J connectivity index is 2.27. The molecule has 2 aromatic rings. The highest BCUT2D eigenvalue weighted by molar-refractivity contribution is 5.43. The molecule has 0 aliphatic carbocycles. The molecule has 1 heterocycles. The molecule has 0 bridgehead atoms. The number of benzene rings is 1. The summed E-state index contributed by atoms with van der Waals surface area (Å²) in [5.41, 5.74) is 6.94. The Labute approximate surface area is 122 Å². The average molecular weight is 285 g/mol. The van der Waals surface area contributed by atoms with Gasteiger partial charge in [0.25, 0.3) is 0 Å². The van der Waals surface area contributed by atoms with E-state index in [0.29, 0.717) is 17.9 Å². The molecule has 0 radical (unpaired) electrons. The van der Waals surface area contributed by atoms with Gasteiger partial charge < -0.3 is 15.2 Å². The summed E-state index contributed by atoms with van der Waals surface area (Å²) >= 11 is 0. The molecule has 0 unspecified atom stereocenters. The van der Waals surface area contributed by atoms with Crippen LogP contribution in [-0.2, 0) is 0 Å². The van der Waals surface area contributed by atoms with Gasteiger partial charge in [-0.1, -0.05) is 13.0 Å². The van der Waals surface area contributed by atoms with E-state index in [1.54, 1.807) is 18.2 Å². The number of aromatic nitrogens is 3. The first-order chi connectivity index (χ1) is 10.1. The zero-order valence-corrected chi connectivity index (χ0v) is 11.8. The van der Waals surface area contributed by atoms with Gasteiger partial charge in [-0.15, -0.1) is 4.98 Å². The quantitative estimate of drug-likeness (QED) is 0.897. The number of hydrogen-bond donors (Lipinski definition) is 1. The van der Waals surface area contributed by atoms with Gasteiger partial charge in [-0.25, -0.2) is 0 Å². The molecule has 1 aromatic carbocycles. The first-order valence-corrected chi connectivity index (χ1v) is 6.45. The normalized spacial score (nSPS) is 9.95. The monoisotopic (exact) mass is 285 g/mol. The van der Waals surface area contributed by atoms with Crippen molar-refractivity contribution in [3.8, 4) is 23.8 Å². The van der Waals surface area contributed by atoms with Gasteiger partial charge in [-0.2, -0.15) is 15.2 Å². The van der Waals surface area contributed by atoms with Crippen molar-refractivity contribution in [2.75, 3.05) is 12.3 Å². The van der Waals surface area contributed by atoms with Gasteiger partial charge in [-0.3, -0.25) is 0 Å². The van der Waals surface area contributed by atoms with Gasteiger partial charge in [0.1, 0.15) is 5.75 Å². The summed E-state index contributed by atoms with van der Waals surface area (Å²) in [6, 6.07) is 7.31. The number of nitrogens with zero attached hydrogens (tertiary/aromatic N) is 4. The molecular weight excluding hydrogens is 270 g/mol. The standard InChI is InChI=1S/C14H15N5O2/c1-3-6-20-13-17-12(16)18-14(19-13)21-11-7-10(8-15)5-4-9(11)2/h4-5,7H,3,6H2,1-2H3,(H2,16,17,18,19). The number of nitriles is 1. The number of hydrogen-bond acceptors (Lipinski definition) is 7. The van der Waals surface area contributed by atoms with Crippen molar-refractivity contribution in [3.63, 3.8) is 0 Å². The minimum atomic E-state index is 0.0141. The van der Waals surface area contributed by atoms with Gasteiger partial charge in [-0.05, 0) is 31.0 Å². The molecule has 7 nitrogen and oxygen atoms in total. The van der Waals surface area contributed by atoms with E-state index in [4.69, 9.17) is 20.5 Å². The molecule has 0 spiro atoms. The molecule has 2 N–H and O–H groups in total. The third-order valence-corrected chi connectivity index (χ3v) is 2.57. The maximum absolute atomic E-state index is 8.92. The molecule has 0 amide bonds. The highest BCUT2D eigenvalue weighted by atomic mass is 16.5. The number of nitrogens with two attached hydrogens (primary N) is 1. The number of aryl methyl sites for hydroxylation is 1. The van der Waals surface area contributed by atoms with Crippen molar-refractivity contribution in [1.29, 1.82) is 5.26 Å². The fourth-order valence-corrected chi connectivity index (χ4v) is 1.53. The molecule has 21 heavy (non-hydrogen) atoms. The predicted octanol–water partition coefficient (Wildman–Crippen LogP) is 2.21. The van der Waals surface area contributed by atoms with Gasteiger partial charge in [0.15, 0.2) is 0 Å². The van der Waals surface area contributed by atoms with Crippen LogP contribution < -0.4 is 15.2 Å². The van der Waals surface area contributed by atoms with Crippen LogP contribution in [-0.4, -0.2) is 21.6 Å². The molecule has 2 rings (SSSR count). The molecule has 0 saturated carbocycles. The maximum atomic E-state index is 8.92. The van der Waals surface area contributed by atoms with Crippen LogP contribution in [0.3, 0.4) is 0 Å². The molecule has 0 atom stereocenters. The third-order valence-electron chi connectivity index (χ3n) is 2.57. The first-order valence-electron chi connectivity index (χ1n) is 6.45. The number of rotatable bonds is 5. The third kappa shape index (κ3) is 3.79. The van der Waals surface area contributed by atoms with E-state index in [9.17, 15) is 0 Å². The lowest BCUT2D eigenvalue weighted by molar-refractivity contribution is 0.285. The number of ether oxygens (including phenoxy) is 2. The van der Waals surface area contributed by atoms with Gasteiger partial charge >= 0.3 is 12.0 Å². The van der Waals surface area contributed by atoms with Crippen LogP contribution in [0, 0.1) is 18.3 Å². The molecular formula is C14H15N5O2. The molecule has 0 aliphatic rings. The van der Waals surface area contributed by atoms with Crippen LogP contribution in [0.4, 0.5) is 5.95 Å². The lowest BCUT2D eigenvalue weighted by Gasteiger charge is -2.09. The Kier molecular flexibility index (Phi) is 4.51. The summed E-state index contributed by atoms with van der Waals surface area (Å²) in [7, 11) is 0. The predicted molar refractivity (Wildman–Crippen MR) is 76.0 cm³/mol. The van der Waals surface area contributed by atoms with E-state index in [1.165, 1.54) is 0 Å². The topological polar surface area (TPSA) is 107 Å². The van der Waals surface area contributed by atoms with Crippen LogP contribution in [0.25, 0.3) is 0 Å². The number of anilines is 1. The van der Waals surface area contributed by atoms with E-state index in [-0.39, 0.29) is 18.0 Å². The van der Waals surface area contributed by atoms with Crippen LogP contribution >= 0.6 is 0 Å². The van der Waals surface area contributed by atoms with Crippen LogP contribution in [0.15, 0.2) is 18.2 Å². The van der Waals surface area contributed by atoms with Crippen molar-refractivity contribution in [1.82, 2.24) is 15.0 Å². The fourth-order valence-electron chi connectivity index (χ4n) is 1.53. The second-order valence-electron chi connectivity index (χ2n) is 4.30. The zero-order valence-electron chi connectivity index (χ0n) is 11.8. The molecule has 1 aromatic heterocycles. The lowest BCUT2D eigenvalue weighted by Crippen LogP contribution is -2.06. The van der Waals surface area contributed by atoms with E-state index >= 15 is 0 Å². The average Bonchev–Trinajstić information content (AvgIpc) is 2.47. The van der Waals surface area contributed by atoms with Gasteiger partial charge in [0.2, 0.25) is 5.95 Å². The van der Waals surface area contributed by atoms with Crippen molar-refractivity contribution in [3.05, 3.63) is 29.3 Å². The zero-order chi connectivity index (χ0) is 15.2. The van der Waals surface area contributed by atoms with E-state index in [0.717, 1.165) is 12.0 Å². The molecule has 0 aliphatic heterocycles. The van der Waals surface area contributed by atoms with Crippen LogP contribution in [0.1, 0.15) is 24.5 Å². The Morgan fingerprint density at radius 3 is 2.71 bits per heavy atom. The van der Waals surface area contributed by atoms with E-state index < -0.39 is 0 Å². The van der Waals surface area contributed by atoms with Crippen molar-refractivity contribution >= 4 is 5.95 Å². The molecule has 7 heteroatoms. The number of nitrogen functional groups attached to an aromatic ring is 1. The highest BCUT2D eigenvalue weighted by Gasteiger charge is 2.10. The highest BCUT2D eigenvalue weighted by Crippen LogP contribution is 2.24. The lowest BCUT2D eigenvalue weighted by atomic mass is 10.1. The fraction of sp³-hybridized carbons (Fsp3) is 0.286.